The number of furan rings is 1. The van der Waals surface area contributed by atoms with Crippen LogP contribution in [0.5, 0.6) is 0 Å². The second kappa shape index (κ2) is 8.34. The molecule has 0 saturated carbocycles. The lowest BCUT2D eigenvalue weighted by molar-refractivity contribution is -0.139. The first-order chi connectivity index (χ1) is 13.0. The lowest BCUT2D eigenvalue weighted by atomic mass is 10.2. The second-order valence-corrected chi connectivity index (χ2v) is 7.14. The van der Waals surface area contributed by atoms with E-state index in [0.717, 1.165) is 0 Å². The predicted octanol–water partition coefficient (Wildman–Crippen LogP) is 1.92. The highest BCUT2D eigenvalue weighted by Crippen LogP contribution is 2.19. The first-order valence-corrected chi connectivity index (χ1v) is 9.71. The van der Waals surface area contributed by atoms with Crippen molar-refractivity contribution in [2.75, 3.05) is 31.5 Å². The Morgan fingerprint density at radius 3 is 2.44 bits per heavy atom. The van der Waals surface area contributed by atoms with Crippen LogP contribution in [0, 0.1) is 6.92 Å². The van der Waals surface area contributed by atoms with Crippen LogP contribution in [-0.4, -0.2) is 58.7 Å². The number of carbonyl (C=O) groups excluding carboxylic acids is 3. The van der Waals surface area contributed by atoms with E-state index in [4.69, 9.17) is 4.42 Å². The van der Waals surface area contributed by atoms with Crippen LogP contribution in [0.25, 0.3) is 0 Å². The molecule has 3 heterocycles. The van der Waals surface area contributed by atoms with Gasteiger partial charge in [-0.2, -0.15) is 0 Å². The maximum Gasteiger partial charge on any atom is 0.260 e. The smallest absolute Gasteiger partial charge is 0.260 e. The molecule has 3 amide bonds. The third kappa shape index (κ3) is 4.54. The Kier molecular flexibility index (Phi) is 5.90. The number of carbonyl (C=O) groups is 3. The summed E-state index contributed by atoms with van der Waals surface area (Å²) >= 11 is 1.28. The Balaban J connectivity index is 1.52. The van der Waals surface area contributed by atoms with Gasteiger partial charge in [0.2, 0.25) is 11.8 Å². The lowest BCUT2D eigenvalue weighted by Crippen LogP contribution is -2.50. The van der Waals surface area contributed by atoms with E-state index in [1.54, 1.807) is 28.2 Å². The molecule has 144 valence electrons. The van der Waals surface area contributed by atoms with E-state index < -0.39 is 0 Å². The number of nitrogens with one attached hydrogen (secondary N) is 1. The van der Waals surface area contributed by atoms with Gasteiger partial charge in [0.15, 0.2) is 5.13 Å². The van der Waals surface area contributed by atoms with Crippen LogP contribution in [-0.2, 0) is 16.0 Å². The van der Waals surface area contributed by atoms with Gasteiger partial charge in [-0.25, -0.2) is 4.98 Å². The first kappa shape index (κ1) is 19.1. The molecule has 0 aromatic carbocycles. The third-order valence-electron chi connectivity index (χ3n) is 4.50. The Morgan fingerprint density at radius 1 is 1.19 bits per heavy atom. The molecule has 0 atom stereocenters. The molecule has 0 radical (unpaired) electrons. The van der Waals surface area contributed by atoms with E-state index >= 15 is 0 Å². The van der Waals surface area contributed by atoms with Gasteiger partial charge in [-0.1, -0.05) is 6.92 Å². The molecule has 0 bridgehead atoms. The summed E-state index contributed by atoms with van der Waals surface area (Å²) in [6.45, 7) is 5.78. The molecule has 1 fully saturated rings. The summed E-state index contributed by atoms with van der Waals surface area (Å²) in [5.74, 6) is 0.354. The average Bonchev–Trinajstić information content (AvgIpc) is 3.29. The summed E-state index contributed by atoms with van der Waals surface area (Å²) in [4.78, 5) is 44.2. The van der Waals surface area contributed by atoms with E-state index in [1.165, 1.54) is 17.6 Å². The van der Waals surface area contributed by atoms with Crippen molar-refractivity contribution in [1.82, 2.24) is 14.8 Å². The molecule has 9 heteroatoms. The second-order valence-electron chi connectivity index (χ2n) is 6.28. The number of aryl methyl sites for hydroxylation is 1. The number of hydrogen-bond donors (Lipinski definition) is 1. The zero-order valence-electron chi connectivity index (χ0n) is 15.4. The van der Waals surface area contributed by atoms with Crippen molar-refractivity contribution in [3.05, 3.63) is 34.7 Å². The number of nitrogens with zero attached hydrogens (tertiary/aromatic N) is 3. The molecule has 8 nitrogen and oxygen atoms in total. The maximum atomic E-state index is 12.5. The monoisotopic (exact) mass is 390 g/mol. The summed E-state index contributed by atoms with van der Waals surface area (Å²) in [6, 6.07) is 1.60. The topological polar surface area (TPSA) is 95.8 Å². The van der Waals surface area contributed by atoms with Crippen molar-refractivity contribution in [1.29, 1.82) is 0 Å². The Labute approximate surface area is 161 Å². The van der Waals surface area contributed by atoms with Crippen molar-refractivity contribution in [3.8, 4) is 0 Å². The Morgan fingerprint density at radius 2 is 1.85 bits per heavy atom. The molecule has 1 saturated heterocycles. The maximum absolute atomic E-state index is 12.5. The summed E-state index contributed by atoms with van der Waals surface area (Å²) in [5, 5.41) is 4.94. The molecule has 27 heavy (non-hydrogen) atoms. The zero-order chi connectivity index (χ0) is 19.4. The van der Waals surface area contributed by atoms with Gasteiger partial charge in [-0.05, 0) is 13.0 Å². The molecular formula is C18H22N4O4S. The number of piperazine rings is 1. The molecule has 0 aliphatic carbocycles. The lowest BCUT2D eigenvalue weighted by Gasteiger charge is -2.34. The minimum atomic E-state index is -0.287. The van der Waals surface area contributed by atoms with Crippen LogP contribution in [0.15, 0.2) is 22.1 Å². The predicted molar refractivity (Wildman–Crippen MR) is 101 cm³/mol. The fourth-order valence-electron chi connectivity index (χ4n) is 2.93. The number of hydrogen-bond acceptors (Lipinski definition) is 6. The van der Waals surface area contributed by atoms with Crippen molar-refractivity contribution in [2.45, 2.75) is 26.7 Å². The van der Waals surface area contributed by atoms with Crippen LogP contribution in [0.4, 0.5) is 5.13 Å². The highest BCUT2D eigenvalue weighted by molar-refractivity contribution is 7.14. The van der Waals surface area contributed by atoms with Crippen molar-refractivity contribution < 1.29 is 18.8 Å². The highest BCUT2D eigenvalue weighted by atomic mass is 32.1. The first-order valence-electron chi connectivity index (χ1n) is 8.83. The fourth-order valence-corrected chi connectivity index (χ4v) is 3.63. The van der Waals surface area contributed by atoms with E-state index in [1.807, 2.05) is 6.92 Å². The van der Waals surface area contributed by atoms with Crippen LogP contribution >= 0.6 is 11.3 Å². The van der Waals surface area contributed by atoms with Crippen LogP contribution in [0.1, 0.15) is 35.2 Å². The third-order valence-corrected chi connectivity index (χ3v) is 5.30. The SMILES string of the molecule is CCC(=O)N1CCN(C(=O)Cc2csc(NC(=O)c3ccoc3C)n2)CC1. The van der Waals surface area contributed by atoms with Crippen LogP contribution in [0.3, 0.4) is 0 Å². The molecule has 3 rings (SSSR count). The van der Waals surface area contributed by atoms with E-state index in [0.29, 0.717) is 54.7 Å². The van der Waals surface area contributed by atoms with Gasteiger partial charge in [0, 0.05) is 38.0 Å². The molecule has 2 aromatic rings. The van der Waals surface area contributed by atoms with E-state index in [2.05, 4.69) is 10.3 Å². The molecule has 0 unspecified atom stereocenters. The molecule has 0 spiro atoms. The molecule has 1 aliphatic heterocycles. The summed E-state index contributed by atoms with van der Waals surface area (Å²) < 4.78 is 5.13. The molecule has 1 N–H and O–H groups in total. The standard InChI is InChI=1S/C18H22N4O4S/c1-3-15(23)21-5-7-22(8-6-21)16(24)10-13-11-27-18(19-13)20-17(25)14-4-9-26-12(14)2/h4,9,11H,3,5-8,10H2,1-2H3,(H,19,20,25). The summed E-state index contributed by atoms with van der Waals surface area (Å²) in [7, 11) is 0. The number of anilines is 1. The van der Waals surface area contributed by atoms with E-state index in [9.17, 15) is 14.4 Å². The zero-order valence-corrected chi connectivity index (χ0v) is 16.2. The number of amides is 3. The minimum Gasteiger partial charge on any atom is -0.469 e. The molecular weight excluding hydrogens is 368 g/mol. The van der Waals surface area contributed by atoms with Gasteiger partial charge < -0.3 is 14.2 Å². The highest BCUT2D eigenvalue weighted by Gasteiger charge is 2.24. The van der Waals surface area contributed by atoms with Gasteiger partial charge in [0.05, 0.1) is 23.9 Å². The number of aromatic nitrogens is 1. The van der Waals surface area contributed by atoms with Crippen molar-refractivity contribution >= 4 is 34.2 Å². The number of thiazole rings is 1. The largest absolute Gasteiger partial charge is 0.469 e. The van der Waals surface area contributed by atoms with Gasteiger partial charge in [0.1, 0.15) is 5.76 Å². The van der Waals surface area contributed by atoms with Crippen LogP contribution < -0.4 is 5.32 Å². The minimum absolute atomic E-state index is 0.0209. The molecule has 2 aromatic heterocycles. The van der Waals surface area contributed by atoms with Gasteiger partial charge >= 0.3 is 0 Å². The Hall–Kier alpha value is -2.68. The molecule has 1 aliphatic rings. The summed E-state index contributed by atoms with van der Waals surface area (Å²) in [6.07, 6.45) is 2.13. The van der Waals surface area contributed by atoms with Gasteiger partial charge in [-0.15, -0.1) is 11.3 Å². The van der Waals surface area contributed by atoms with Gasteiger partial charge in [-0.3, -0.25) is 19.7 Å². The Bertz CT molecular complexity index is 836. The van der Waals surface area contributed by atoms with E-state index in [-0.39, 0.29) is 24.1 Å². The van der Waals surface area contributed by atoms with Crippen LogP contribution in [0.2, 0.25) is 0 Å². The van der Waals surface area contributed by atoms with Crippen molar-refractivity contribution in [3.63, 3.8) is 0 Å². The summed E-state index contributed by atoms with van der Waals surface area (Å²) in [5.41, 5.74) is 1.08. The van der Waals surface area contributed by atoms with Crippen molar-refractivity contribution in [2.24, 2.45) is 0 Å². The fraction of sp³-hybridized carbons (Fsp3) is 0.444. The normalized spacial score (nSPS) is 14.3. The van der Waals surface area contributed by atoms with Gasteiger partial charge in [0.25, 0.3) is 5.91 Å². The number of rotatable bonds is 5. The quantitative estimate of drug-likeness (QED) is 0.841. The average molecular weight is 390 g/mol.